The van der Waals surface area contributed by atoms with Crippen molar-refractivity contribution in [1.29, 1.82) is 0 Å². The van der Waals surface area contributed by atoms with Gasteiger partial charge in [0.25, 0.3) is 0 Å². The van der Waals surface area contributed by atoms with E-state index in [1.807, 2.05) is 19.1 Å². The predicted molar refractivity (Wildman–Crippen MR) is 95.8 cm³/mol. The second kappa shape index (κ2) is 7.84. The highest BCUT2D eigenvalue weighted by Gasteiger charge is 2.19. The molecule has 0 radical (unpaired) electrons. The Morgan fingerprint density at radius 3 is 2.58 bits per heavy atom. The number of hydrogen-bond acceptors (Lipinski definition) is 3. The molecule has 0 unspecified atom stereocenters. The van der Waals surface area contributed by atoms with Crippen LogP contribution in [0.15, 0.2) is 42.5 Å². The molecule has 5 nitrogen and oxygen atoms in total. The molecule has 24 heavy (non-hydrogen) atoms. The maximum atomic E-state index is 12.3. The lowest BCUT2D eigenvalue weighted by Gasteiger charge is -2.23. The van der Waals surface area contributed by atoms with Crippen LogP contribution in [-0.2, 0) is 9.59 Å². The third-order valence-electron chi connectivity index (χ3n) is 3.42. The molecule has 0 aliphatic heterocycles. The third kappa shape index (κ3) is 4.49. The van der Waals surface area contributed by atoms with Crippen molar-refractivity contribution in [1.82, 2.24) is 0 Å². The fourth-order valence-electron chi connectivity index (χ4n) is 2.29. The Morgan fingerprint density at radius 2 is 1.96 bits per heavy atom. The van der Waals surface area contributed by atoms with E-state index in [4.69, 9.17) is 16.3 Å². The molecule has 0 fully saturated rings. The quantitative estimate of drug-likeness (QED) is 0.899. The maximum Gasteiger partial charge on any atom is 0.244 e. The summed E-state index contributed by atoms with van der Waals surface area (Å²) in [7, 11) is 1.53. The molecule has 0 saturated heterocycles. The number of ether oxygens (including phenoxy) is 1. The Morgan fingerprint density at radius 1 is 1.21 bits per heavy atom. The van der Waals surface area contributed by atoms with Crippen LogP contribution in [0.2, 0.25) is 5.02 Å². The van der Waals surface area contributed by atoms with E-state index in [1.54, 1.807) is 30.3 Å². The first-order chi connectivity index (χ1) is 11.4. The lowest BCUT2D eigenvalue weighted by atomic mass is 10.2. The lowest BCUT2D eigenvalue weighted by molar-refractivity contribution is -0.120. The largest absolute Gasteiger partial charge is 0.495 e. The summed E-state index contributed by atoms with van der Waals surface area (Å²) in [6.07, 6.45) is 0. The maximum absolute atomic E-state index is 12.3. The molecule has 0 aromatic heterocycles. The monoisotopic (exact) mass is 346 g/mol. The highest BCUT2D eigenvalue weighted by atomic mass is 35.5. The van der Waals surface area contributed by atoms with Gasteiger partial charge in [-0.1, -0.05) is 23.7 Å². The summed E-state index contributed by atoms with van der Waals surface area (Å²) >= 11 is 5.91. The Hall–Kier alpha value is -2.53. The van der Waals surface area contributed by atoms with Crippen molar-refractivity contribution in [3.63, 3.8) is 0 Å². The molecule has 2 aromatic rings. The van der Waals surface area contributed by atoms with Crippen LogP contribution < -0.4 is 15.0 Å². The van der Waals surface area contributed by atoms with Gasteiger partial charge < -0.3 is 10.1 Å². The summed E-state index contributed by atoms with van der Waals surface area (Å²) < 4.78 is 5.30. The first-order valence-corrected chi connectivity index (χ1v) is 7.76. The smallest absolute Gasteiger partial charge is 0.244 e. The van der Waals surface area contributed by atoms with Gasteiger partial charge in [-0.15, -0.1) is 0 Å². The van der Waals surface area contributed by atoms with Crippen LogP contribution in [0.4, 0.5) is 11.4 Å². The molecule has 0 atom stereocenters. The molecular weight excluding hydrogens is 328 g/mol. The number of hydrogen-bond donors (Lipinski definition) is 1. The first-order valence-electron chi connectivity index (χ1n) is 7.39. The summed E-state index contributed by atoms with van der Waals surface area (Å²) in [6, 6.07) is 12.3. The van der Waals surface area contributed by atoms with Crippen LogP contribution in [0.3, 0.4) is 0 Å². The van der Waals surface area contributed by atoms with Gasteiger partial charge in [0, 0.05) is 17.6 Å². The van der Waals surface area contributed by atoms with E-state index in [0.29, 0.717) is 22.1 Å². The molecule has 1 N–H and O–H groups in total. The van der Waals surface area contributed by atoms with E-state index < -0.39 is 0 Å². The molecule has 2 aromatic carbocycles. The fourth-order valence-corrected chi connectivity index (χ4v) is 2.48. The molecule has 6 heteroatoms. The molecule has 0 spiro atoms. The molecule has 2 rings (SSSR count). The standard InChI is InChI=1S/C18H19ClN2O3/c1-12-7-8-17(24-3)16(9-12)21(13(2)22)11-18(23)20-15-6-4-5-14(19)10-15/h4-10H,11H2,1-3H3,(H,20,23). The van der Waals surface area contributed by atoms with Crippen LogP contribution in [0.5, 0.6) is 5.75 Å². The first kappa shape index (κ1) is 17.8. The number of aryl methyl sites for hydroxylation is 1. The third-order valence-corrected chi connectivity index (χ3v) is 3.65. The number of rotatable bonds is 5. The number of anilines is 2. The van der Waals surface area contributed by atoms with Gasteiger partial charge in [0.1, 0.15) is 12.3 Å². The Kier molecular flexibility index (Phi) is 5.82. The number of methoxy groups -OCH3 is 1. The van der Waals surface area contributed by atoms with Gasteiger partial charge >= 0.3 is 0 Å². The number of nitrogens with one attached hydrogen (secondary N) is 1. The molecule has 2 amide bonds. The number of benzene rings is 2. The Bertz CT molecular complexity index is 762. The zero-order chi connectivity index (χ0) is 17.7. The number of carbonyl (C=O) groups excluding carboxylic acids is 2. The van der Waals surface area contributed by atoms with Gasteiger partial charge in [0.15, 0.2) is 0 Å². The average Bonchev–Trinajstić information content (AvgIpc) is 2.52. The minimum Gasteiger partial charge on any atom is -0.495 e. The molecule has 0 bridgehead atoms. The minimum atomic E-state index is -0.323. The SMILES string of the molecule is COc1ccc(C)cc1N(CC(=O)Nc1cccc(Cl)c1)C(C)=O. The van der Waals surface area contributed by atoms with Crippen LogP contribution in [0.1, 0.15) is 12.5 Å². The van der Waals surface area contributed by atoms with Crippen molar-refractivity contribution in [2.75, 3.05) is 23.9 Å². The van der Waals surface area contributed by atoms with Crippen LogP contribution in [0.25, 0.3) is 0 Å². The highest BCUT2D eigenvalue weighted by molar-refractivity contribution is 6.30. The van der Waals surface area contributed by atoms with E-state index in [0.717, 1.165) is 5.56 Å². The van der Waals surface area contributed by atoms with Crippen molar-refractivity contribution in [2.45, 2.75) is 13.8 Å². The molecule has 0 heterocycles. The van der Waals surface area contributed by atoms with Crippen molar-refractivity contribution >= 4 is 34.8 Å². The Labute approximate surface area is 146 Å². The zero-order valence-corrected chi connectivity index (χ0v) is 14.6. The van der Waals surface area contributed by atoms with Crippen LogP contribution >= 0.6 is 11.6 Å². The van der Waals surface area contributed by atoms with Gasteiger partial charge in [0.05, 0.1) is 12.8 Å². The van der Waals surface area contributed by atoms with E-state index in [9.17, 15) is 9.59 Å². The summed E-state index contributed by atoms with van der Waals surface area (Å²) in [5.41, 5.74) is 2.10. The van der Waals surface area contributed by atoms with Crippen LogP contribution in [-0.4, -0.2) is 25.5 Å². The summed E-state index contributed by atoms with van der Waals surface area (Å²) in [6.45, 7) is 3.20. The average molecular weight is 347 g/mol. The summed E-state index contributed by atoms with van der Waals surface area (Å²) in [4.78, 5) is 25.7. The van der Waals surface area contributed by atoms with Gasteiger partial charge in [-0.25, -0.2) is 0 Å². The molecule has 126 valence electrons. The second-order valence-corrected chi connectivity index (χ2v) is 5.78. The lowest BCUT2D eigenvalue weighted by Crippen LogP contribution is -2.37. The van der Waals surface area contributed by atoms with Gasteiger partial charge in [-0.3, -0.25) is 14.5 Å². The number of carbonyl (C=O) groups is 2. The minimum absolute atomic E-state index is 0.123. The number of nitrogens with zero attached hydrogens (tertiary/aromatic N) is 1. The van der Waals surface area contributed by atoms with Crippen molar-refractivity contribution in [2.24, 2.45) is 0 Å². The summed E-state index contributed by atoms with van der Waals surface area (Å²) in [5, 5.41) is 3.26. The predicted octanol–water partition coefficient (Wildman–Crippen LogP) is 3.65. The molecule has 0 saturated carbocycles. The second-order valence-electron chi connectivity index (χ2n) is 5.34. The highest BCUT2D eigenvalue weighted by Crippen LogP contribution is 2.29. The van der Waals surface area contributed by atoms with E-state index >= 15 is 0 Å². The van der Waals surface area contributed by atoms with Gasteiger partial charge in [0.2, 0.25) is 11.8 Å². The number of halogens is 1. The van der Waals surface area contributed by atoms with Crippen molar-refractivity contribution in [3.8, 4) is 5.75 Å². The zero-order valence-electron chi connectivity index (χ0n) is 13.8. The van der Waals surface area contributed by atoms with Crippen molar-refractivity contribution in [3.05, 3.63) is 53.1 Å². The van der Waals surface area contributed by atoms with Crippen molar-refractivity contribution < 1.29 is 14.3 Å². The van der Waals surface area contributed by atoms with E-state index in [2.05, 4.69) is 5.32 Å². The topological polar surface area (TPSA) is 58.6 Å². The molecule has 0 aliphatic rings. The molecule has 0 aliphatic carbocycles. The number of amides is 2. The summed E-state index contributed by atoms with van der Waals surface area (Å²) in [5.74, 6) is -0.0393. The van der Waals surface area contributed by atoms with Gasteiger partial charge in [-0.05, 0) is 42.8 Å². The molecular formula is C18H19ClN2O3. The van der Waals surface area contributed by atoms with E-state index in [-0.39, 0.29) is 18.4 Å². The fraction of sp³-hybridized carbons (Fsp3) is 0.222. The Balaban J connectivity index is 2.21. The van der Waals surface area contributed by atoms with Crippen LogP contribution in [0, 0.1) is 6.92 Å². The van der Waals surface area contributed by atoms with E-state index in [1.165, 1.54) is 18.9 Å². The van der Waals surface area contributed by atoms with Gasteiger partial charge in [-0.2, -0.15) is 0 Å². The normalized spacial score (nSPS) is 10.2.